The number of carbonyl (C=O) groups excluding carboxylic acids is 2. The van der Waals surface area contributed by atoms with Gasteiger partial charge >= 0.3 is 12.0 Å². The summed E-state index contributed by atoms with van der Waals surface area (Å²) >= 11 is 0. The lowest BCUT2D eigenvalue weighted by Gasteiger charge is -2.07. The van der Waals surface area contributed by atoms with Crippen molar-refractivity contribution in [1.82, 2.24) is 10.6 Å². The van der Waals surface area contributed by atoms with E-state index in [1.165, 1.54) is 12.1 Å². The summed E-state index contributed by atoms with van der Waals surface area (Å²) in [5.74, 6) is -0.861. The van der Waals surface area contributed by atoms with E-state index in [0.29, 0.717) is 5.56 Å². The van der Waals surface area contributed by atoms with Gasteiger partial charge in [0.05, 0.1) is 6.61 Å². The quantitative estimate of drug-likeness (QED) is 0.775. The molecular formula is C12H15FN2O3. The lowest BCUT2D eigenvalue weighted by atomic mass is 10.2. The first-order chi connectivity index (χ1) is 8.61. The van der Waals surface area contributed by atoms with Crippen LogP contribution < -0.4 is 10.6 Å². The summed E-state index contributed by atoms with van der Waals surface area (Å²) in [6, 6.07) is 5.39. The van der Waals surface area contributed by atoms with Gasteiger partial charge in [-0.3, -0.25) is 4.79 Å². The van der Waals surface area contributed by atoms with Crippen molar-refractivity contribution in [2.24, 2.45) is 0 Å². The number of amides is 2. The summed E-state index contributed by atoms with van der Waals surface area (Å²) in [6.45, 7) is 1.95. The number of ether oxygens (including phenoxy) is 1. The van der Waals surface area contributed by atoms with E-state index in [1.807, 2.05) is 0 Å². The van der Waals surface area contributed by atoms with E-state index >= 15 is 0 Å². The molecule has 98 valence electrons. The van der Waals surface area contributed by atoms with Crippen molar-refractivity contribution >= 4 is 12.0 Å². The van der Waals surface area contributed by atoms with Crippen LogP contribution in [0, 0.1) is 5.82 Å². The zero-order valence-electron chi connectivity index (χ0n) is 10.0. The number of hydrogen-bond acceptors (Lipinski definition) is 3. The molecular weight excluding hydrogens is 239 g/mol. The maximum absolute atomic E-state index is 12.8. The Morgan fingerprint density at radius 1 is 1.33 bits per heavy atom. The minimum atomic E-state index is -0.507. The Hall–Kier alpha value is -2.11. The zero-order valence-corrected chi connectivity index (χ0v) is 10.0. The second-order valence-corrected chi connectivity index (χ2v) is 3.47. The molecule has 2 amide bonds. The number of carbonyl (C=O) groups is 2. The molecule has 0 unspecified atom stereocenters. The average molecular weight is 254 g/mol. The second kappa shape index (κ2) is 7.26. The van der Waals surface area contributed by atoms with Crippen LogP contribution in [0.5, 0.6) is 0 Å². The van der Waals surface area contributed by atoms with Crippen LogP contribution in [0.25, 0.3) is 0 Å². The standard InChI is InChI=1S/C12H15FN2O3/c1-2-18-11(16)8-15-12(17)14-7-9-4-3-5-10(13)6-9/h3-6H,2,7-8H2,1H3,(H2,14,15,17). The predicted octanol–water partition coefficient (Wildman–Crippen LogP) is 1.19. The van der Waals surface area contributed by atoms with Gasteiger partial charge in [0.1, 0.15) is 12.4 Å². The van der Waals surface area contributed by atoms with Gasteiger partial charge in [0, 0.05) is 6.54 Å². The summed E-state index contributed by atoms with van der Waals surface area (Å²) in [4.78, 5) is 22.2. The van der Waals surface area contributed by atoms with Gasteiger partial charge in [0.2, 0.25) is 0 Å². The van der Waals surface area contributed by atoms with Crippen molar-refractivity contribution in [2.45, 2.75) is 13.5 Å². The molecule has 1 aromatic rings. The highest BCUT2D eigenvalue weighted by Gasteiger charge is 2.05. The first-order valence-corrected chi connectivity index (χ1v) is 5.53. The maximum atomic E-state index is 12.8. The van der Waals surface area contributed by atoms with E-state index in [9.17, 15) is 14.0 Å². The van der Waals surface area contributed by atoms with E-state index in [1.54, 1.807) is 19.1 Å². The van der Waals surface area contributed by atoms with Gasteiger partial charge in [-0.15, -0.1) is 0 Å². The fourth-order valence-corrected chi connectivity index (χ4v) is 1.26. The minimum Gasteiger partial charge on any atom is -0.465 e. The highest BCUT2D eigenvalue weighted by molar-refractivity contribution is 5.80. The molecule has 0 aliphatic heterocycles. The molecule has 1 aromatic carbocycles. The van der Waals surface area contributed by atoms with Crippen LogP contribution >= 0.6 is 0 Å². The molecule has 5 nitrogen and oxygen atoms in total. The minimum absolute atomic E-state index is 0.187. The summed E-state index contributed by atoms with van der Waals surface area (Å²) in [5, 5.41) is 4.83. The van der Waals surface area contributed by atoms with Gasteiger partial charge < -0.3 is 15.4 Å². The molecule has 0 radical (unpaired) electrons. The number of halogens is 1. The van der Waals surface area contributed by atoms with Crippen LogP contribution in [0.15, 0.2) is 24.3 Å². The third kappa shape index (κ3) is 5.29. The van der Waals surface area contributed by atoms with Crippen molar-refractivity contribution in [1.29, 1.82) is 0 Å². The van der Waals surface area contributed by atoms with E-state index < -0.39 is 12.0 Å². The van der Waals surface area contributed by atoms with Crippen LogP contribution in [0.2, 0.25) is 0 Å². The van der Waals surface area contributed by atoms with Gasteiger partial charge in [-0.2, -0.15) is 0 Å². The summed E-state index contributed by atoms with van der Waals surface area (Å²) in [6.07, 6.45) is 0. The Kier molecular flexibility index (Phi) is 5.63. The smallest absolute Gasteiger partial charge is 0.325 e. The predicted molar refractivity (Wildman–Crippen MR) is 63.3 cm³/mol. The van der Waals surface area contributed by atoms with Gasteiger partial charge in [0.15, 0.2) is 0 Å². The highest BCUT2D eigenvalue weighted by atomic mass is 19.1. The summed E-state index contributed by atoms with van der Waals surface area (Å²) in [5.41, 5.74) is 0.640. The van der Waals surface area contributed by atoms with Crippen LogP contribution in [-0.2, 0) is 16.1 Å². The molecule has 0 saturated carbocycles. The third-order valence-electron chi connectivity index (χ3n) is 2.04. The molecule has 0 aliphatic carbocycles. The van der Waals surface area contributed by atoms with Crippen molar-refractivity contribution < 1.29 is 18.7 Å². The molecule has 0 aromatic heterocycles. The van der Waals surface area contributed by atoms with Crippen LogP contribution in [0.1, 0.15) is 12.5 Å². The first kappa shape index (κ1) is 14.0. The number of nitrogens with one attached hydrogen (secondary N) is 2. The number of urea groups is 1. The lowest BCUT2D eigenvalue weighted by molar-refractivity contribution is -0.141. The molecule has 18 heavy (non-hydrogen) atoms. The van der Waals surface area contributed by atoms with Crippen molar-refractivity contribution in [2.75, 3.05) is 13.2 Å². The SMILES string of the molecule is CCOC(=O)CNC(=O)NCc1cccc(F)c1. The number of hydrogen-bond donors (Lipinski definition) is 2. The van der Waals surface area contributed by atoms with Crippen molar-refractivity contribution in [3.63, 3.8) is 0 Å². The molecule has 1 rings (SSSR count). The number of benzene rings is 1. The molecule has 6 heteroatoms. The normalized spacial score (nSPS) is 9.67. The van der Waals surface area contributed by atoms with Crippen molar-refractivity contribution in [3.8, 4) is 0 Å². The number of rotatable bonds is 5. The van der Waals surface area contributed by atoms with E-state index in [2.05, 4.69) is 15.4 Å². The Bertz CT molecular complexity index is 424. The largest absolute Gasteiger partial charge is 0.465 e. The topological polar surface area (TPSA) is 67.4 Å². The van der Waals surface area contributed by atoms with E-state index in [0.717, 1.165) is 0 Å². The molecule has 2 N–H and O–H groups in total. The fourth-order valence-electron chi connectivity index (χ4n) is 1.26. The average Bonchev–Trinajstić information content (AvgIpc) is 2.34. The Morgan fingerprint density at radius 2 is 2.11 bits per heavy atom. The van der Waals surface area contributed by atoms with Crippen LogP contribution in [-0.4, -0.2) is 25.2 Å². The fraction of sp³-hybridized carbons (Fsp3) is 0.333. The molecule has 0 fully saturated rings. The Morgan fingerprint density at radius 3 is 2.78 bits per heavy atom. The maximum Gasteiger partial charge on any atom is 0.325 e. The van der Waals surface area contributed by atoms with Gasteiger partial charge in [-0.1, -0.05) is 12.1 Å². The van der Waals surface area contributed by atoms with Crippen molar-refractivity contribution in [3.05, 3.63) is 35.6 Å². The lowest BCUT2D eigenvalue weighted by Crippen LogP contribution is -2.38. The molecule has 0 saturated heterocycles. The van der Waals surface area contributed by atoms with E-state index in [4.69, 9.17) is 0 Å². The monoisotopic (exact) mass is 254 g/mol. The van der Waals surface area contributed by atoms with Gasteiger partial charge in [-0.05, 0) is 24.6 Å². The zero-order chi connectivity index (χ0) is 13.4. The third-order valence-corrected chi connectivity index (χ3v) is 2.04. The molecule has 0 aliphatic rings. The van der Waals surface area contributed by atoms with E-state index in [-0.39, 0.29) is 25.5 Å². The summed E-state index contributed by atoms with van der Waals surface area (Å²) in [7, 11) is 0. The summed E-state index contributed by atoms with van der Waals surface area (Å²) < 4.78 is 17.5. The highest BCUT2D eigenvalue weighted by Crippen LogP contribution is 2.02. The Labute approximate surface area is 104 Å². The van der Waals surface area contributed by atoms with Crippen LogP contribution in [0.4, 0.5) is 9.18 Å². The molecule has 0 spiro atoms. The van der Waals surface area contributed by atoms with Gasteiger partial charge in [0.25, 0.3) is 0 Å². The second-order valence-electron chi connectivity index (χ2n) is 3.47. The molecule has 0 heterocycles. The molecule has 0 bridgehead atoms. The Balaban J connectivity index is 2.27. The van der Waals surface area contributed by atoms with Gasteiger partial charge in [-0.25, -0.2) is 9.18 Å². The number of esters is 1. The molecule has 0 atom stereocenters. The van der Waals surface area contributed by atoms with Crippen LogP contribution in [0.3, 0.4) is 0 Å². The first-order valence-electron chi connectivity index (χ1n) is 5.53.